The maximum Gasteiger partial charge on any atom is 0.264 e. The smallest absolute Gasteiger partial charge is 0.264 e. The van der Waals surface area contributed by atoms with Crippen molar-refractivity contribution in [1.82, 2.24) is 40.4 Å². The van der Waals surface area contributed by atoms with Crippen LogP contribution in [0, 0.1) is 12.8 Å². The molecule has 0 unspecified atom stereocenters. The summed E-state index contributed by atoms with van der Waals surface area (Å²) in [4.78, 5) is 16.7. The molecular weight excluding hydrogens is 488 g/mol. The second kappa shape index (κ2) is 9.43. The molecule has 6 aromatic rings. The number of benzene rings is 3. The SMILES string of the molecule is Cc1cc(=O)[nH]nc1-c1ccc2nc(CC3CC3)n(Cc3ccc(-c4ccccc4-c4nnn[nH]4)cc3)c2c1. The summed E-state index contributed by atoms with van der Waals surface area (Å²) in [5.41, 5.74) is 8.75. The molecule has 0 radical (unpaired) electrons. The van der Waals surface area contributed by atoms with Gasteiger partial charge in [-0.1, -0.05) is 54.6 Å². The number of aryl methyl sites for hydroxylation is 1. The topological polar surface area (TPSA) is 118 Å². The molecule has 1 aliphatic rings. The number of nitrogens with zero attached hydrogens (tertiary/aromatic N) is 6. The van der Waals surface area contributed by atoms with Crippen molar-refractivity contribution in [3.63, 3.8) is 0 Å². The molecule has 0 bridgehead atoms. The number of aromatic amines is 2. The van der Waals surface area contributed by atoms with Gasteiger partial charge in [0.2, 0.25) is 0 Å². The van der Waals surface area contributed by atoms with Gasteiger partial charge < -0.3 is 4.57 Å². The van der Waals surface area contributed by atoms with Gasteiger partial charge in [0, 0.05) is 30.2 Å². The van der Waals surface area contributed by atoms with E-state index in [0.29, 0.717) is 18.3 Å². The summed E-state index contributed by atoms with van der Waals surface area (Å²) >= 11 is 0. The number of H-pyrrole nitrogens is 2. The predicted molar refractivity (Wildman–Crippen MR) is 149 cm³/mol. The van der Waals surface area contributed by atoms with Crippen LogP contribution in [0.25, 0.3) is 44.8 Å². The first-order valence-corrected chi connectivity index (χ1v) is 13.1. The van der Waals surface area contributed by atoms with Gasteiger partial charge in [-0.15, -0.1) is 5.10 Å². The largest absolute Gasteiger partial charge is 0.323 e. The average molecular weight is 515 g/mol. The van der Waals surface area contributed by atoms with Crippen LogP contribution in [-0.4, -0.2) is 40.4 Å². The molecule has 3 aromatic heterocycles. The number of rotatable bonds is 7. The van der Waals surface area contributed by atoms with Gasteiger partial charge in [0.1, 0.15) is 5.82 Å². The summed E-state index contributed by atoms with van der Waals surface area (Å²) in [6, 6.07) is 24.6. The molecule has 7 rings (SSSR count). The third kappa shape index (κ3) is 4.52. The molecule has 39 heavy (non-hydrogen) atoms. The molecule has 1 fully saturated rings. The number of imidazole rings is 1. The van der Waals surface area contributed by atoms with Crippen molar-refractivity contribution >= 4 is 11.0 Å². The molecule has 3 aromatic carbocycles. The Bertz CT molecular complexity index is 1850. The van der Waals surface area contributed by atoms with Crippen molar-refractivity contribution in [3.05, 3.63) is 100 Å². The fraction of sp³-hybridized carbons (Fsp3) is 0.200. The summed E-state index contributed by atoms with van der Waals surface area (Å²) < 4.78 is 2.33. The quantitative estimate of drug-likeness (QED) is 0.311. The highest BCUT2D eigenvalue weighted by molar-refractivity contribution is 5.83. The highest BCUT2D eigenvalue weighted by Gasteiger charge is 2.25. The molecular formula is C30H26N8O. The Balaban J connectivity index is 1.25. The Labute approximate surface area is 224 Å². The molecule has 1 saturated carbocycles. The van der Waals surface area contributed by atoms with Crippen LogP contribution < -0.4 is 5.56 Å². The number of nitrogens with one attached hydrogen (secondary N) is 2. The van der Waals surface area contributed by atoms with Gasteiger partial charge in [0.15, 0.2) is 5.82 Å². The number of aromatic nitrogens is 8. The van der Waals surface area contributed by atoms with Crippen LogP contribution in [-0.2, 0) is 13.0 Å². The fourth-order valence-electron chi connectivity index (χ4n) is 5.21. The van der Waals surface area contributed by atoms with Crippen molar-refractivity contribution in [1.29, 1.82) is 0 Å². The molecule has 0 aliphatic heterocycles. The highest BCUT2D eigenvalue weighted by atomic mass is 16.1. The van der Waals surface area contributed by atoms with Gasteiger partial charge in [-0.05, 0) is 70.5 Å². The van der Waals surface area contributed by atoms with E-state index < -0.39 is 0 Å². The minimum atomic E-state index is -0.197. The lowest BCUT2D eigenvalue weighted by Gasteiger charge is -2.12. The van der Waals surface area contributed by atoms with Gasteiger partial charge in [0.25, 0.3) is 5.56 Å². The van der Waals surface area contributed by atoms with Gasteiger partial charge in [-0.25, -0.2) is 15.2 Å². The van der Waals surface area contributed by atoms with Crippen LogP contribution in [0.3, 0.4) is 0 Å². The number of fused-ring (bicyclic) bond motifs is 1. The van der Waals surface area contributed by atoms with Crippen molar-refractivity contribution in [2.24, 2.45) is 5.92 Å². The van der Waals surface area contributed by atoms with Gasteiger partial charge in [-0.3, -0.25) is 4.79 Å². The van der Waals surface area contributed by atoms with E-state index in [1.165, 1.54) is 18.4 Å². The molecule has 3 heterocycles. The van der Waals surface area contributed by atoms with Crippen LogP contribution in [0.4, 0.5) is 0 Å². The zero-order chi connectivity index (χ0) is 26.3. The van der Waals surface area contributed by atoms with E-state index in [9.17, 15) is 4.79 Å². The summed E-state index contributed by atoms with van der Waals surface area (Å²) in [6.07, 6.45) is 3.52. The average Bonchev–Trinajstić information content (AvgIpc) is 3.47. The Kier molecular flexibility index (Phi) is 5.61. The second-order valence-corrected chi connectivity index (χ2v) is 10.2. The minimum Gasteiger partial charge on any atom is -0.323 e. The molecule has 9 heteroatoms. The molecule has 1 aliphatic carbocycles. The van der Waals surface area contributed by atoms with Crippen molar-refractivity contribution in [2.75, 3.05) is 0 Å². The van der Waals surface area contributed by atoms with Crippen molar-refractivity contribution < 1.29 is 0 Å². The lowest BCUT2D eigenvalue weighted by Crippen LogP contribution is -2.08. The van der Waals surface area contributed by atoms with E-state index in [-0.39, 0.29) is 5.56 Å². The molecule has 0 amide bonds. The second-order valence-electron chi connectivity index (χ2n) is 10.2. The molecule has 192 valence electrons. The number of hydrogen-bond acceptors (Lipinski definition) is 6. The van der Waals surface area contributed by atoms with E-state index in [1.807, 2.05) is 31.2 Å². The maximum absolute atomic E-state index is 11.7. The predicted octanol–water partition coefficient (Wildman–Crippen LogP) is 4.94. The Morgan fingerprint density at radius 1 is 0.923 bits per heavy atom. The Hall–Kier alpha value is -4.92. The minimum absolute atomic E-state index is 0.197. The monoisotopic (exact) mass is 514 g/mol. The number of hydrogen-bond donors (Lipinski definition) is 2. The van der Waals surface area contributed by atoms with Crippen molar-refractivity contribution in [3.8, 4) is 33.8 Å². The molecule has 0 saturated heterocycles. The molecule has 0 atom stereocenters. The zero-order valence-electron chi connectivity index (χ0n) is 21.4. The van der Waals surface area contributed by atoms with E-state index in [2.05, 4.69) is 77.9 Å². The van der Waals surface area contributed by atoms with Crippen molar-refractivity contribution in [2.45, 2.75) is 32.7 Å². The lowest BCUT2D eigenvalue weighted by molar-refractivity contribution is 0.692. The number of tetrazole rings is 1. The third-order valence-corrected chi connectivity index (χ3v) is 7.40. The summed E-state index contributed by atoms with van der Waals surface area (Å²) in [7, 11) is 0. The van der Waals surface area contributed by atoms with Crippen LogP contribution in [0.5, 0.6) is 0 Å². The molecule has 2 N–H and O–H groups in total. The Morgan fingerprint density at radius 2 is 1.72 bits per heavy atom. The maximum atomic E-state index is 11.7. The van der Waals surface area contributed by atoms with E-state index in [0.717, 1.165) is 56.8 Å². The molecule has 9 nitrogen and oxygen atoms in total. The van der Waals surface area contributed by atoms with E-state index >= 15 is 0 Å². The van der Waals surface area contributed by atoms with Gasteiger partial charge >= 0.3 is 0 Å². The molecule has 0 spiro atoms. The van der Waals surface area contributed by atoms with Crippen LogP contribution in [0.15, 0.2) is 77.6 Å². The standard InChI is InChI=1S/C30H26N8O/c1-18-14-28(39)32-33-29(18)22-12-13-25-26(16-22)38(27(31-25)15-19-6-7-19)17-20-8-10-21(11-9-20)23-4-2-3-5-24(23)30-34-36-37-35-30/h2-5,8-14,16,19H,6-7,15,17H2,1H3,(H,32,39)(H,34,35,36,37). The van der Waals surface area contributed by atoms with E-state index in [4.69, 9.17) is 4.98 Å². The third-order valence-electron chi connectivity index (χ3n) is 7.40. The zero-order valence-corrected chi connectivity index (χ0v) is 21.4. The lowest BCUT2D eigenvalue weighted by atomic mass is 9.98. The normalized spacial score (nSPS) is 13.3. The summed E-state index contributed by atoms with van der Waals surface area (Å²) in [6.45, 7) is 2.63. The van der Waals surface area contributed by atoms with Crippen LogP contribution in [0.2, 0.25) is 0 Å². The van der Waals surface area contributed by atoms with Gasteiger partial charge in [-0.2, -0.15) is 5.10 Å². The summed E-state index contributed by atoms with van der Waals surface area (Å²) in [5.74, 6) is 2.47. The first kappa shape index (κ1) is 23.2. The Morgan fingerprint density at radius 3 is 2.46 bits per heavy atom. The van der Waals surface area contributed by atoms with Crippen LogP contribution >= 0.6 is 0 Å². The first-order valence-electron chi connectivity index (χ1n) is 13.1. The van der Waals surface area contributed by atoms with Crippen LogP contribution in [0.1, 0.15) is 29.8 Å². The fourth-order valence-corrected chi connectivity index (χ4v) is 5.21. The highest BCUT2D eigenvalue weighted by Crippen LogP contribution is 2.35. The summed E-state index contributed by atoms with van der Waals surface area (Å²) in [5, 5.41) is 21.3. The van der Waals surface area contributed by atoms with Gasteiger partial charge in [0.05, 0.1) is 16.7 Å². The van der Waals surface area contributed by atoms with E-state index in [1.54, 1.807) is 6.07 Å². The first-order chi connectivity index (χ1) is 19.1.